The highest BCUT2D eigenvalue weighted by atomic mass is 16.5. The Balaban J connectivity index is 1.69. The maximum absolute atomic E-state index is 12.1. The summed E-state index contributed by atoms with van der Waals surface area (Å²) >= 11 is 0. The zero-order valence-electron chi connectivity index (χ0n) is 18.1. The lowest BCUT2D eigenvalue weighted by Gasteiger charge is -2.10. The third-order valence-corrected chi connectivity index (χ3v) is 4.04. The van der Waals surface area contributed by atoms with Crippen molar-refractivity contribution in [3.05, 3.63) is 54.1 Å². The molecule has 2 aromatic rings. The van der Waals surface area contributed by atoms with Gasteiger partial charge in [0.05, 0.1) is 13.2 Å². The number of amides is 3. The quantitative estimate of drug-likeness (QED) is 0.505. The Kier molecular flexibility index (Phi) is 9.35. The number of ether oxygens (including phenoxy) is 2. The van der Waals surface area contributed by atoms with Crippen LogP contribution in [0.3, 0.4) is 0 Å². The summed E-state index contributed by atoms with van der Waals surface area (Å²) < 4.78 is 10.9. The van der Waals surface area contributed by atoms with E-state index in [1.807, 2.05) is 20.8 Å². The maximum atomic E-state index is 12.1. The molecule has 0 aromatic heterocycles. The molecule has 0 saturated carbocycles. The molecule has 0 spiro atoms. The minimum Gasteiger partial charge on any atom is -0.494 e. The van der Waals surface area contributed by atoms with Crippen LogP contribution in [0.15, 0.2) is 48.5 Å². The summed E-state index contributed by atoms with van der Waals surface area (Å²) in [6.45, 7) is 7.15. The van der Waals surface area contributed by atoms with Crippen molar-refractivity contribution in [3.63, 3.8) is 0 Å². The van der Waals surface area contributed by atoms with Crippen molar-refractivity contribution < 1.29 is 23.9 Å². The Labute approximate surface area is 182 Å². The number of carbonyl (C=O) groups excluding carboxylic acids is 3. The molecule has 8 nitrogen and oxygen atoms in total. The molecule has 0 atom stereocenters. The van der Waals surface area contributed by atoms with Gasteiger partial charge in [0.1, 0.15) is 11.5 Å². The van der Waals surface area contributed by atoms with Gasteiger partial charge in [-0.05, 0) is 61.4 Å². The van der Waals surface area contributed by atoms with Crippen LogP contribution in [0.1, 0.15) is 44.0 Å². The Bertz CT molecular complexity index is 864. The lowest BCUT2D eigenvalue weighted by atomic mass is 10.2. The summed E-state index contributed by atoms with van der Waals surface area (Å²) in [5, 5.41) is 2.71. The largest absolute Gasteiger partial charge is 0.494 e. The van der Waals surface area contributed by atoms with Crippen molar-refractivity contribution in [1.82, 2.24) is 10.9 Å². The highest BCUT2D eigenvalue weighted by molar-refractivity contribution is 5.96. The molecule has 3 N–H and O–H groups in total. The molecule has 0 unspecified atom stereocenters. The molecule has 31 heavy (non-hydrogen) atoms. The van der Waals surface area contributed by atoms with Gasteiger partial charge in [0, 0.05) is 24.1 Å². The first-order chi connectivity index (χ1) is 14.9. The van der Waals surface area contributed by atoms with Crippen LogP contribution in [0, 0.1) is 5.92 Å². The van der Waals surface area contributed by atoms with E-state index in [4.69, 9.17) is 9.47 Å². The summed E-state index contributed by atoms with van der Waals surface area (Å²) in [4.78, 5) is 36.0. The number of hydrogen-bond acceptors (Lipinski definition) is 5. The van der Waals surface area contributed by atoms with Gasteiger partial charge in [-0.25, -0.2) is 0 Å². The lowest BCUT2D eigenvalue weighted by Crippen LogP contribution is -2.41. The van der Waals surface area contributed by atoms with Crippen LogP contribution in [0.5, 0.6) is 11.5 Å². The molecule has 0 aliphatic carbocycles. The summed E-state index contributed by atoms with van der Waals surface area (Å²) in [5.74, 6) is 0.569. The molecule has 0 aliphatic rings. The van der Waals surface area contributed by atoms with E-state index in [9.17, 15) is 14.4 Å². The summed E-state index contributed by atoms with van der Waals surface area (Å²) in [7, 11) is 0. The van der Waals surface area contributed by atoms with E-state index in [2.05, 4.69) is 16.2 Å². The van der Waals surface area contributed by atoms with Gasteiger partial charge >= 0.3 is 0 Å². The SMILES string of the molecule is CCOc1ccc(NC(=O)CCC(=O)NNC(=O)c2ccc(OCC(C)C)cc2)cc1. The number of benzene rings is 2. The Morgan fingerprint density at radius 3 is 2.00 bits per heavy atom. The second kappa shape index (κ2) is 12.2. The smallest absolute Gasteiger partial charge is 0.269 e. The van der Waals surface area contributed by atoms with E-state index in [0.29, 0.717) is 41.9 Å². The van der Waals surface area contributed by atoms with Crippen molar-refractivity contribution in [2.45, 2.75) is 33.6 Å². The van der Waals surface area contributed by atoms with Crippen LogP contribution in [0.2, 0.25) is 0 Å². The monoisotopic (exact) mass is 427 g/mol. The first-order valence-corrected chi connectivity index (χ1v) is 10.2. The third kappa shape index (κ3) is 8.77. The topological polar surface area (TPSA) is 106 Å². The van der Waals surface area contributed by atoms with E-state index < -0.39 is 11.8 Å². The van der Waals surface area contributed by atoms with Gasteiger partial charge in [-0.1, -0.05) is 13.8 Å². The van der Waals surface area contributed by atoms with Crippen molar-refractivity contribution in [2.24, 2.45) is 5.92 Å². The number of hydrazine groups is 1. The first kappa shape index (κ1) is 23.7. The maximum Gasteiger partial charge on any atom is 0.269 e. The lowest BCUT2D eigenvalue weighted by molar-refractivity contribution is -0.124. The van der Waals surface area contributed by atoms with Crippen molar-refractivity contribution in [3.8, 4) is 11.5 Å². The second-order valence-electron chi connectivity index (χ2n) is 7.24. The van der Waals surface area contributed by atoms with E-state index in [1.165, 1.54) is 0 Å². The second-order valence-corrected chi connectivity index (χ2v) is 7.24. The summed E-state index contributed by atoms with van der Waals surface area (Å²) in [6.07, 6.45) is -0.0814. The molecule has 0 radical (unpaired) electrons. The molecule has 2 rings (SSSR count). The van der Waals surface area contributed by atoms with Gasteiger partial charge in [0.25, 0.3) is 5.91 Å². The molecule has 0 heterocycles. The van der Waals surface area contributed by atoms with Crippen LogP contribution >= 0.6 is 0 Å². The highest BCUT2D eigenvalue weighted by Crippen LogP contribution is 2.16. The predicted octanol–water partition coefficient (Wildman–Crippen LogP) is 3.30. The van der Waals surface area contributed by atoms with Crippen LogP contribution < -0.4 is 25.6 Å². The van der Waals surface area contributed by atoms with Crippen LogP contribution in [-0.2, 0) is 9.59 Å². The van der Waals surface area contributed by atoms with E-state index >= 15 is 0 Å². The minimum absolute atomic E-state index is 0.0171. The van der Waals surface area contributed by atoms with Gasteiger partial charge in [-0.2, -0.15) is 0 Å². The fourth-order valence-corrected chi connectivity index (χ4v) is 2.48. The molecule has 166 valence electrons. The molecular weight excluding hydrogens is 398 g/mol. The van der Waals surface area contributed by atoms with Crippen LogP contribution in [0.4, 0.5) is 5.69 Å². The average molecular weight is 428 g/mol. The highest BCUT2D eigenvalue weighted by Gasteiger charge is 2.10. The number of nitrogens with one attached hydrogen (secondary N) is 3. The van der Waals surface area contributed by atoms with Crippen molar-refractivity contribution >= 4 is 23.4 Å². The fraction of sp³-hybridized carbons (Fsp3) is 0.348. The molecule has 0 saturated heterocycles. The predicted molar refractivity (Wildman–Crippen MR) is 118 cm³/mol. The van der Waals surface area contributed by atoms with Gasteiger partial charge in [-0.3, -0.25) is 25.2 Å². The third-order valence-electron chi connectivity index (χ3n) is 4.04. The molecule has 2 aromatic carbocycles. The Morgan fingerprint density at radius 2 is 1.39 bits per heavy atom. The van der Waals surface area contributed by atoms with Crippen molar-refractivity contribution in [2.75, 3.05) is 18.5 Å². The van der Waals surface area contributed by atoms with E-state index in [-0.39, 0.29) is 18.7 Å². The van der Waals surface area contributed by atoms with Crippen LogP contribution in [0.25, 0.3) is 0 Å². The van der Waals surface area contributed by atoms with Gasteiger partial charge in [0.2, 0.25) is 11.8 Å². The zero-order valence-corrected chi connectivity index (χ0v) is 18.1. The van der Waals surface area contributed by atoms with E-state index in [0.717, 1.165) is 0 Å². The molecule has 3 amide bonds. The minimum atomic E-state index is -0.466. The van der Waals surface area contributed by atoms with Gasteiger partial charge in [-0.15, -0.1) is 0 Å². The average Bonchev–Trinajstić information content (AvgIpc) is 2.76. The van der Waals surface area contributed by atoms with Gasteiger partial charge in [0.15, 0.2) is 0 Å². The molecule has 0 aliphatic heterocycles. The molecule has 0 fully saturated rings. The Morgan fingerprint density at radius 1 is 0.806 bits per heavy atom. The number of anilines is 1. The summed E-state index contributed by atoms with van der Waals surface area (Å²) in [5.41, 5.74) is 5.64. The van der Waals surface area contributed by atoms with Gasteiger partial charge < -0.3 is 14.8 Å². The molecule has 8 heteroatoms. The first-order valence-electron chi connectivity index (χ1n) is 10.2. The van der Waals surface area contributed by atoms with Crippen LogP contribution in [-0.4, -0.2) is 30.9 Å². The number of rotatable bonds is 10. The number of carbonyl (C=O) groups is 3. The Hall–Kier alpha value is -3.55. The number of hydrogen-bond donors (Lipinski definition) is 3. The van der Waals surface area contributed by atoms with E-state index in [1.54, 1.807) is 48.5 Å². The fourth-order valence-electron chi connectivity index (χ4n) is 2.48. The van der Waals surface area contributed by atoms with Crippen molar-refractivity contribution in [1.29, 1.82) is 0 Å². The zero-order chi connectivity index (χ0) is 22.6. The molecular formula is C23H29N3O5. The summed E-state index contributed by atoms with van der Waals surface area (Å²) in [6, 6.07) is 13.6. The standard InChI is InChI=1S/C23H29N3O5/c1-4-30-19-11-7-18(8-12-19)24-21(27)13-14-22(28)25-26-23(29)17-5-9-20(10-6-17)31-15-16(2)3/h5-12,16H,4,13-15H2,1-3H3,(H,24,27)(H,25,28)(H,26,29). The molecule has 0 bridgehead atoms. The normalized spacial score (nSPS) is 10.3.